The number of nitrogen functional groups attached to an aromatic ring is 1. The average Bonchev–Trinajstić information content (AvgIpc) is 2.65. The second-order valence-electron chi connectivity index (χ2n) is 7.39. The molecule has 0 aliphatic carbocycles. The summed E-state index contributed by atoms with van der Waals surface area (Å²) in [5.41, 5.74) is 8.98. The summed E-state index contributed by atoms with van der Waals surface area (Å²) in [5, 5.41) is 0.834. The molecule has 4 nitrogen and oxygen atoms in total. The normalized spacial score (nSPS) is 18.3. The van der Waals surface area contributed by atoms with Crippen LogP contribution in [0.5, 0.6) is 11.5 Å². The standard InChI is InChI=1S/C21H24Cl2N2O2/c22-19-10-17(24)11-20(23)21(19)27-18-2-1-16-13-25(6-3-15(16)9-18)12-14-4-7-26-8-5-14/h1-2,9-11,14H,3-8,12-13,24H2. The lowest BCUT2D eigenvalue weighted by molar-refractivity contribution is 0.0506. The van der Waals surface area contributed by atoms with Crippen molar-refractivity contribution >= 4 is 28.9 Å². The third kappa shape index (κ3) is 4.52. The van der Waals surface area contributed by atoms with Gasteiger partial charge in [0, 0.05) is 38.5 Å². The Morgan fingerprint density at radius 1 is 1.07 bits per heavy atom. The van der Waals surface area contributed by atoms with E-state index in [0.717, 1.165) is 50.9 Å². The number of hydrogen-bond acceptors (Lipinski definition) is 4. The molecule has 4 rings (SSSR count). The lowest BCUT2D eigenvalue weighted by atomic mass is 9.95. The lowest BCUT2D eigenvalue weighted by Crippen LogP contribution is -2.36. The van der Waals surface area contributed by atoms with Gasteiger partial charge in [0.2, 0.25) is 0 Å². The summed E-state index contributed by atoms with van der Waals surface area (Å²) in [6, 6.07) is 9.54. The first-order valence-corrected chi connectivity index (χ1v) is 10.2. The Kier molecular flexibility index (Phi) is 5.79. The minimum absolute atomic E-state index is 0.417. The molecule has 1 fully saturated rings. The summed E-state index contributed by atoms with van der Waals surface area (Å²) in [6.45, 7) is 5.06. The molecule has 0 spiro atoms. The van der Waals surface area contributed by atoms with E-state index in [1.54, 1.807) is 12.1 Å². The molecule has 0 radical (unpaired) electrons. The van der Waals surface area contributed by atoms with Gasteiger partial charge < -0.3 is 15.2 Å². The fourth-order valence-electron chi connectivity index (χ4n) is 3.90. The van der Waals surface area contributed by atoms with Crippen LogP contribution >= 0.6 is 23.2 Å². The monoisotopic (exact) mass is 406 g/mol. The minimum atomic E-state index is 0.417. The molecule has 2 aliphatic rings. The molecule has 2 aliphatic heterocycles. The molecule has 2 N–H and O–H groups in total. The van der Waals surface area contributed by atoms with Crippen LogP contribution in [0.15, 0.2) is 30.3 Å². The molecule has 1 saturated heterocycles. The van der Waals surface area contributed by atoms with Crippen molar-refractivity contribution in [2.45, 2.75) is 25.8 Å². The predicted molar refractivity (Wildman–Crippen MR) is 110 cm³/mol. The van der Waals surface area contributed by atoms with Gasteiger partial charge in [-0.1, -0.05) is 29.3 Å². The number of nitrogens with zero attached hydrogens (tertiary/aromatic N) is 1. The van der Waals surface area contributed by atoms with Crippen LogP contribution < -0.4 is 10.5 Å². The van der Waals surface area contributed by atoms with Gasteiger partial charge in [-0.15, -0.1) is 0 Å². The molecular formula is C21H24Cl2N2O2. The summed E-state index contributed by atoms with van der Waals surface area (Å²) < 4.78 is 11.4. The molecule has 0 unspecified atom stereocenters. The zero-order chi connectivity index (χ0) is 18.8. The first-order valence-electron chi connectivity index (χ1n) is 9.43. The Bertz CT molecular complexity index is 799. The summed E-state index contributed by atoms with van der Waals surface area (Å²) in [6.07, 6.45) is 3.39. The van der Waals surface area contributed by atoms with E-state index in [1.807, 2.05) is 6.07 Å². The third-order valence-corrected chi connectivity index (χ3v) is 5.93. The van der Waals surface area contributed by atoms with Crippen LogP contribution in [0.4, 0.5) is 5.69 Å². The summed E-state index contributed by atoms with van der Waals surface area (Å²) in [4.78, 5) is 2.56. The van der Waals surface area contributed by atoms with Gasteiger partial charge in [0.25, 0.3) is 0 Å². The van der Waals surface area contributed by atoms with Crippen molar-refractivity contribution in [3.8, 4) is 11.5 Å². The van der Waals surface area contributed by atoms with Crippen molar-refractivity contribution in [1.29, 1.82) is 0 Å². The van der Waals surface area contributed by atoms with E-state index in [4.69, 9.17) is 38.4 Å². The topological polar surface area (TPSA) is 47.7 Å². The highest BCUT2D eigenvalue weighted by Crippen LogP contribution is 2.38. The molecule has 2 aromatic rings. The molecule has 2 aromatic carbocycles. The van der Waals surface area contributed by atoms with Crippen LogP contribution in [0.25, 0.3) is 0 Å². The number of nitrogens with two attached hydrogens (primary N) is 1. The minimum Gasteiger partial charge on any atom is -0.454 e. The van der Waals surface area contributed by atoms with Crippen molar-refractivity contribution in [3.63, 3.8) is 0 Å². The first-order chi connectivity index (χ1) is 13.1. The van der Waals surface area contributed by atoms with Crippen LogP contribution in [0.1, 0.15) is 24.0 Å². The van der Waals surface area contributed by atoms with E-state index in [9.17, 15) is 0 Å². The molecule has 0 amide bonds. The third-order valence-electron chi connectivity index (χ3n) is 5.37. The highest BCUT2D eigenvalue weighted by atomic mass is 35.5. The zero-order valence-corrected chi connectivity index (χ0v) is 16.7. The molecule has 27 heavy (non-hydrogen) atoms. The molecule has 6 heteroatoms. The lowest BCUT2D eigenvalue weighted by Gasteiger charge is -2.33. The average molecular weight is 407 g/mol. The quantitative estimate of drug-likeness (QED) is 0.712. The first kappa shape index (κ1) is 18.9. The van der Waals surface area contributed by atoms with Crippen LogP contribution in [0.2, 0.25) is 10.0 Å². The predicted octanol–water partition coefficient (Wildman–Crippen LogP) is 5.15. The number of hydrogen-bond donors (Lipinski definition) is 1. The van der Waals surface area contributed by atoms with Gasteiger partial charge in [-0.3, -0.25) is 4.90 Å². The van der Waals surface area contributed by atoms with Gasteiger partial charge in [0.05, 0.1) is 10.0 Å². The smallest absolute Gasteiger partial charge is 0.164 e. The summed E-state index contributed by atoms with van der Waals surface area (Å²) in [5.74, 6) is 1.96. The van der Waals surface area contributed by atoms with Crippen LogP contribution in [0.3, 0.4) is 0 Å². The fourth-order valence-corrected chi connectivity index (χ4v) is 4.48. The van der Waals surface area contributed by atoms with Gasteiger partial charge in [0.15, 0.2) is 5.75 Å². The van der Waals surface area contributed by atoms with E-state index in [-0.39, 0.29) is 0 Å². The molecule has 2 heterocycles. The summed E-state index contributed by atoms with van der Waals surface area (Å²) in [7, 11) is 0. The van der Waals surface area contributed by atoms with Gasteiger partial charge in [-0.25, -0.2) is 0 Å². The number of fused-ring (bicyclic) bond motifs is 1. The van der Waals surface area contributed by atoms with E-state index in [2.05, 4.69) is 17.0 Å². The van der Waals surface area contributed by atoms with E-state index < -0.39 is 0 Å². The molecule has 0 aromatic heterocycles. The van der Waals surface area contributed by atoms with Gasteiger partial charge in [-0.05, 0) is 60.6 Å². The highest BCUT2D eigenvalue weighted by Gasteiger charge is 2.22. The fraction of sp³-hybridized carbons (Fsp3) is 0.429. The number of anilines is 1. The van der Waals surface area contributed by atoms with Gasteiger partial charge in [0.1, 0.15) is 5.75 Å². The maximum absolute atomic E-state index is 6.23. The van der Waals surface area contributed by atoms with E-state index >= 15 is 0 Å². The largest absolute Gasteiger partial charge is 0.454 e. The summed E-state index contributed by atoms with van der Waals surface area (Å²) >= 11 is 12.5. The van der Waals surface area contributed by atoms with Crippen molar-refractivity contribution < 1.29 is 9.47 Å². The van der Waals surface area contributed by atoms with Crippen molar-refractivity contribution in [3.05, 3.63) is 51.5 Å². The number of ether oxygens (including phenoxy) is 2. The van der Waals surface area contributed by atoms with Crippen LogP contribution in [-0.4, -0.2) is 31.2 Å². The Morgan fingerprint density at radius 2 is 1.81 bits per heavy atom. The number of halogens is 2. The number of rotatable bonds is 4. The maximum Gasteiger partial charge on any atom is 0.164 e. The Morgan fingerprint density at radius 3 is 2.56 bits per heavy atom. The Hall–Kier alpha value is -1.46. The van der Waals surface area contributed by atoms with E-state index in [0.29, 0.717) is 21.5 Å². The SMILES string of the molecule is Nc1cc(Cl)c(Oc2ccc3c(c2)CCN(CC2CCOCC2)C3)c(Cl)c1. The Balaban J connectivity index is 1.44. The second-order valence-corrected chi connectivity index (χ2v) is 8.20. The molecule has 0 atom stereocenters. The molecule has 0 saturated carbocycles. The maximum atomic E-state index is 6.23. The number of benzene rings is 2. The van der Waals surface area contributed by atoms with Crippen LogP contribution in [-0.2, 0) is 17.7 Å². The van der Waals surface area contributed by atoms with Crippen molar-refractivity contribution in [2.24, 2.45) is 5.92 Å². The van der Waals surface area contributed by atoms with Crippen molar-refractivity contribution in [2.75, 3.05) is 32.0 Å². The zero-order valence-electron chi connectivity index (χ0n) is 15.2. The van der Waals surface area contributed by atoms with E-state index in [1.165, 1.54) is 24.0 Å². The molecule has 0 bridgehead atoms. The Labute approximate surface area is 170 Å². The van der Waals surface area contributed by atoms with Gasteiger partial charge in [-0.2, -0.15) is 0 Å². The second kappa shape index (κ2) is 8.27. The van der Waals surface area contributed by atoms with Crippen molar-refractivity contribution in [1.82, 2.24) is 4.90 Å². The van der Waals surface area contributed by atoms with Gasteiger partial charge >= 0.3 is 0 Å². The molecule has 144 valence electrons. The molecular weight excluding hydrogens is 383 g/mol. The highest BCUT2D eigenvalue weighted by molar-refractivity contribution is 6.37. The van der Waals surface area contributed by atoms with Crippen LogP contribution in [0, 0.1) is 5.92 Å².